The zero-order chi connectivity index (χ0) is 25.8. The van der Waals surface area contributed by atoms with E-state index < -0.39 is 5.60 Å². The van der Waals surface area contributed by atoms with Crippen LogP contribution in [0.1, 0.15) is 58.1 Å². The van der Waals surface area contributed by atoms with E-state index in [1.807, 2.05) is 80.1 Å². The second-order valence-corrected chi connectivity index (χ2v) is 8.51. The molecule has 0 saturated heterocycles. The van der Waals surface area contributed by atoms with Crippen molar-refractivity contribution in [3.8, 4) is 0 Å². The van der Waals surface area contributed by atoms with E-state index in [4.69, 9.17) is 33.7 Å². The molecule has 1 unspecified atom stereocenters. The third kappa shape index (κ3) is 17.5. The quantitative estimate of drug-likeness (QED) is 0.245. The average Bonchev–Trinajstić information content (AvgIpc) is 3.33. The molecule has 3 aromatic rings. The van der Waals surface area contributed by atoms with Crippen molar-refractivity contribution in [3.63, 3.8) is 0 Å². The first kappa shape index (κ1) is 35.6. The van der Waals surface area contributed by atoms with Gasteiger partial charge in [0.05, 0.1) is 18.5 Å². The van der Waals surface area contributed by atoms with Gasteiger partial charge in [-0.3, -0.25) is 0 Å². The Bertz CT molecular complexity index is 851. The minimum absolute atomic E-state index is 0. The summed E-state index contributed by atoms with van der Waals surface area (Å²) in [5.41, 5.74) is 7.40. The fraction of sp³-hybridized carbons (Fsp3) is 0.423. The molecule has 0 bridgehead atoms. The Kier molecular flexibility index (Phi) is 22.1. The molecule has 0 radical (unpaired) electrons. The number of aliphatic hydroxyl groups is 1. The number of halogens is 2. The number of imidazole rings is 1. The van der Waals surface area contributed by atoms with Crippen molar-refractivity contribution < 1.29 is 26.2 Å². The fourth-order valence-corrected chi connectivity index (χ4v) is 3.42. The molecule has 35 heavy (non-hydrogen) atoms. The Hall–Kier alpha value is -1.56. The Morgan fingerprint density at radius 3 is 1.94 bits per heavy atom. The Balaban J connectivity index is 0. The smallest absolute Gasteiger partial charge is 0.655 e. The summed E-state index contributed by atoms with van der Waals surface area (Å²) >= 11 is 11.8. The van der Waals surface area contributed by atoms with Crippen LogP contribution in [0.3, 0.4) is 0 Å². The predicted molar refractivity (Wildman–Crippen MR) is 144 cm³/mol. The van der Waals surface area contributed by atoms with Gasteiger partial charge in [-0.25, -0.2) is 4.98 Å². The number of hydrogen-bond donors (Lipinski definition) is 1. The average molecular weight is 691 g/mol. The Morgan fingerprint density at radius 2 is 1.54 bits per heavy atom. The second-order valence-electron chi connectivity index (χ2n) is 7.64. The van der Waals surface area contributed by atoms with Crippen LogP contribution in [0.25, 0.3) is 10.9 Å². The molecule has 2 aromatic carbocycles. The molecular formula is C26H36Cl2N4O2W. The Morgan fingerprint density at radius 1 is 1.03 bits per heavy atom. The number of rotatable bonds is 9. The van der Waals surface area contributed by atoms with E-state index in [9.17, 15) is 5.11 Å². The van der Waals surface area contributed by atoms with Gasteiger partial charge in [0.1, 0.15) is 0 Å². The Labute approximate surface area is 234 Å². The molecule has 1 atom stereocenters. The first-order chi connectivity index (χ1) is 16.4. The van der Waals surface area contributed by atoms with Gasteiger partial charge >= 0.3 is 21.1 Å². The van der Waals surface area contributed by atoms with Gasteiger partial charge in [-0.2, -0.15) is 0 Å². The van der Waals surface area contributed by atoms with Crippen LogP contribution in [0, 0.1) is 4.91 Å². The largest absolute Gasteiger partial charge is 2.00 e. The van der Waals surface area contributed by atoms with Gasteiger partial charge in [-0.15, -0.1) is 13.1 Å². The summed E-state index contributed by atoms with van der Waals surface area (Å²) in [4.78, 5) is 11.2. The molecular weight excluding hydrogens is 655 g/mol. The van der Waals surface area contributed by atoms with Crippen LogP contribution in [0.15, 0.2) is 67.3 Å². The molecule has 3 rings (SSSR count). The maximum Gasteiger partial charge on any atom is 2.00 e. The number of nitroso groups, excluding NO2 is 1. The molecule has 9 heteroatoms. The van der Waals surface area contributed by atoms with E-state index in [2.05, 4.69) is 17.2 Å². The van der Waals surface area contributed by atoms with Crippen LogP contribution in [0.4, 0.5) is 0 Å². The molecule has 0 amide bonds. The van der Waals surface area contributed by atoms with Gasteiger partial charge in [0.25, 0.3) is 0 Å². The summed E-state index contributed by atoms with van der Waals surface area (Å²) < 4.78 is 1.91. The fourth-order valence-electron chi connectivity index (χ4n) is 2.99. The van der Waals surface area contributed by atoms with E-state index in [-0.39, 0.29) is 21.1 Å². The normalized spacial score (nSPS) is 11.2. The van der Waals surface area contributed by atoms with Crippen LogP contribution < -0.4 is 0 Å². The molecule has 1 N–H and O–H groups in total. The SMILES string of the molecule is CC.CCCCC(C)(O)Cn1ccnc1.Clc1cccc(C[N-]Cc2cccc(Cl)c2)c1.[N-]=O.[W+2]. The summed E-state index contributed by atoms with van der Waals surface area (Å²) in [5, 5.41) is 15.9. The van der Waals surface area contributed by atoms with Crippen LogP contribution in [0.2, 0.25) is 10.0 Å². The molecule has 0 fully saturated rings. The molecule has 0 aliphatic carbocycles. The topological polar surface area (TPSA) is 91.5 Å². The molecule has 1 heterocycles. The maximum absolute atomic E-state index is 9.97. The zero-order valence-corrected chi connectivity index (χ0v) is 25.3. The van der Waals surface area contributed by atoms with Crippen molar-refractivity contribution >= 4 is 23.2 Å². The molecule has 1 aromatic heterocycles. The second kappa shape index (κ2) is 21.7. The number of nitrogens with zero attached hydrogens (tertiary/aromatic N) is 4. The summed E-state index contributed by atoms with van der Waals surface area (Å²) in [5.74, 6) is 0. The van der Waals surface area contributed by atoms with E-state index in [1.165, 1.54) is 0 Å². The van der Waals surface area contributed by atoms with E-state index in [0.717, 1.165) is 40.4 Å². The standard InChI is InChI=1S/C14H12Cl2N.C10H18N2O.C2H6.NO.W/c15-13-5-1-3-11(7-13)9-17-10-12-4-2-6-14(16)8-12;1-3-4-5-10(2,13)8-12-7-6-11-9-12;2*1-2;/h1-8H,9-10H2;6-7,9,13H,3-5,8H2,1-2H3;1-2H3;;/q-1;;;-1;+2. The zero-order valence-electron chi connectivity index (χ0n) is 20.9. The van der Waals surface area contributed by atoms with E-state index in [0.29, 0.717) is 19.6 Å². The van der Waals surface area contributed by atoms with Crippen molar-refractivity contribution in [2.45, 2.75) is 72.2 Å². The summed E-state index contributed by atoms with van der Waals surface area (Å²) in [6.45, 7) is 9.99. The molecule has 0 spiro atoms. The third-order valence-corrected chi connectivity index (χ3v) is 4.99. The summed E-state index contributed by atoms with van der Waals surface area (Å²) in [7, 11) is 0. The predicted octanol–water partition coefficient (Wildman–Crippen LogP) is 8.24. The van der Waals surface area contributed by atoms with Crippen LogP contribution in [0.5, 0.6) is 0 Å². The minimum Gasteiger partial charge on any atom is -0.655 e. The van der Waals surface area contributed by atoms with Gasteiger partial charge in [-0.1, -0.05) is 92.2 Å². The third-order valence-electron chi connectivity index (χ3n) is 4.52. The minimum atomic E-state index is -0.600. The molecule has 0 aliphatic rings. The van der Waals surface area contributed by atoms with Crippen molar-refractivity contribution in [2.75, 3.05) is 0 Å². The van der Waals surface area contributed by atoms with Crippen molar-refractivity contribution in [1.29, 1.82) is 0 Å². The number of benzene rings is 2. The van der Waals surface area contributed by atoms with E-state index >= 15 is 0 Å². The molecule has 0 aliphatic heterocycles. The number of unbranched alkanes of at least 4 members (excludes halogenated alkanes) is 1. The monoisotopic (exact) mass is 690 g/mol. The van der Waals surface area contributed by atoms with Gasteiger partial charge in [-0.05, 0) is 37.6 Å². The number of hydrogen-bond acceptors (Lipinski definition) is 3. The van der Waals surface area contributed by atoms with Gasteiger partial charge in [0, 0.05) is 22.4 Å². The van der Waals surface area contributed by atoms with Crippen LogP contribution in [-0.4, -0.2) is 20.3 Å². The molecule has 0 saturated carbocycles. The molecule has 6 nitrogen and oxygen atoms in total. The van der Waals surface area contributed by atoms with Crippen LogP contribution >= 0.6 is 23.2 Å². The van der Waals surface area contributed by atoms with Crippen molar-refractivity contribution in [3.05, 3.63) is 104 Å². The van der Waals surface area contributed by atoms with Gasteiger partial charge in [0.15, 0.2) is 0 Å². The van der Waals surface area contributed by atoms with Crippen molar-refractivity contribution in [2.24, 2.45) is 0 Å². The van der Waals surface area contributed by atoms with Crippen molar-refractivity contribution in [1.82, 2.24) is 9.55 Å². The first-order valence-corrected chi connectivity index (χ1v) is 12.1. The summed E-state index contributed by atoms with van der Waals surface area (Å²) in [6.07, 6.45) is 8.39. The first-order valence-electron chi connectivity index (χ1n) is 11.4. The molecule has 192 valence electrons. The van der Waals surface area contributed by atoms with Crippen LogP contribution in [-0.2, 0) is 40.7 Å². The summed E-state index contributed by atoms with van der Waals surface area (Å²) in [6, 6.07) is 15.5. The van der Waals surface area contributed by atoms with Gasteiger partial charge in [0.2, 0.25) is 0 Å². The maximum atomic E-state index is 9.97. The van der Waals surface area contributed by atoms with Gasteiger partial charge < -0.3 is 25.5 Å². The number of aromatic nitrogens is 2. The van der Waals surface area contributed by atoms with E-state index in [1.54, 1.807) is 12.5 Å².